The van der Waals surface area contributed by atoms with Crippen molar-refractivity contribution in [2.75, 3.05) is 24.5 Å². The van der Waals surface area contributed by atoms with Crippen LogP contribution in [-0.4, -0.2) is 24.6 Å². The number of nitrogens with zero attached hydrogens (tertiary/aromatic N) is 1. The van der Waals surface area contributed by atoms with Crippen LogP contribution in [0.2, 0.25) is 0 Å². The molecule has 3 aliphatic heterocycles. The quantitative estimate of drug-likeness (QED) is 0.880. The number of H-pyrrole nitrogens is 1. The Morgan fingerprint density at radius 1 is 1.13 bits per heavy atom. The molecule has 1 aromatic heterocycles. The molecule has 23 heavy (non-hydrogen) atoms. The van der Waals surface area contributed by atoms with E-state index in [-0.39, 0.29) is 5.41 Å². The zero-order valence-electron chi connectivity index (χ0n) is 13.9. The highest BCUT2D eigenvalue weighted by Gasteiger charge is 2.38. The van der Waals surface area contributed by atoms with Gasteiger partial charge < -0.3 is 15.6 Å². The van der Waals surface area contributed by atoms with Crippen LogP contribution in [0.3, 0.4) is 0 Å². The van der Waals surface area contributed by atoms with E-state index in [2.05, 4.69) is 28.1 Å². The first-order valence-electron chi connectivity index (χ1n) is 9.42. The van der Waals surface area contributed by atoms with Gasteiger partial charge in [0.1, 0.15) is 5.82 Å². The predicted molar refractivity (Wildman–Crippen MR) is 96.3 cm³/mol. The van der Waals surface area contributed by atoms with E-state index in [9.17, 15) is 0 Å². The highest BCUT2D eigenvalue weighted by molar-refractivity contribution is 5.93. The third-order valence-electron chi connectivity index (χ3n) is 6.85. The van der Waals surface area contributed by atoms with E-state index >= 15 is 0 Å². The lowest BCUT2D eigenvalue weighted by atomic mass is 9.69. The maximum atomic E-state index is 6.33. The lowest BCUT2D eigenvalue weighted by Gasteiger charge is -2.40. The molecule has 3 nitrogen and oxygen atoms in total. The Hall–Kier alpha value is -1.48. The number of hydrogen-bond acceptors (Lipinski definition) is 2. The van der Waals surface area contributed by atoms with Gasteiger partial charge in [-0.25, -0.2) is 0 Å². The molecule has 0 radical (unpaired) electrons. The second-order valence-corrected chi connectivity index (χ2v) is 7.92. The number of aromatic nitrogens is 1. The van der Waals surface area contributed by atoms with Crippen LogP contribution in [0.25, 0.3) is 10.9 Å². The van der Waals surface area contributed by atoms with E-state index in [0.717, 1.165) is 12.5 Å². The predicted octanol–water partition coefficient (Wildman–Crippen LogP) is 4.03. The highest BCUT2D eigenvalue weighted by atomic mass is 15.2. The topological polar surface area (TPSA) is 45.1 Å². The van der Waals surface area contributed by atoms with Crippen LogP contribution in [0.1, 0.15) is 62.0 Å². The summed E-state index contributed by atoms with van der Waals surface area (Å²) in [6, 6.07) is 6.96. The molecular formula is C20H27N3. The lowest BCUT2D eigenvalue weighted by molar-refractivity contribution is 0.302. The van der Waals surface area contributed by atoms with Gasteiger partial charge in [-0.2, -0.15) is 0 Å². The van der Waals surface area contributed by atoms with Crippen molar-refractivity contribution in [1.29, 1.82) is 0 Å². The summed E-state index contributed by atoms with van der Waals surface area (Å²) in [4.78, 5) is 6.41. The summed E-state index contributed by atoms with van der Waals surface area (Å²) in [6.45, 7) is 3.23. The molecule has 122 valence electrons. The number of benzene rings is 1. The van der Waals surface area contributed by atoms with Crippen LogP contribution in [0.4, 0.5) is 5.82 Å². The number of nitrogens with two attached hydrogens (primary N) is 1. The van der Waals surface area contributed by atoms with E-state index < -0.39 is 0 Å². The van der Waals surface area contributed by atoms with E-state index in [0.29, 0.717) is 0 Å². The van der Waals surface area contributed by atoms with Crippen LogP contribution in [0.5, 0.6) is 0 Å². The number of para-hydroxylation sites is 1. The van der Waals surface area contributed by atoms with Gasteiger partial charge >= 0.3 is 0 Å². The average Bonchev–Trinajstić information content (AvgIpc) is 3.05. The van der Waals surface area contributed by atoms with Gasteiger partial charge in [-0.05, 0) is 37.2 Å². The summed E-state index contributed by atoms with van der Waals surface area (Å²) < 4.78 is 0. The standard InChI is InChI=1S/C20H27N3/c21-13-20(9-2-1-3-10-20)16-6-4-5-15-17-14-7-11-23(12-8-14)19(17)22-18(15)16/h4-6,14,22H,1-3,7-13,21H2. The first-order valence-corrected chi connectivity index (χ1v) is 9.42. The minimum absolute atomic E-state index is 0.194. The summed E-state index contributed by atoms with van der Waals surface area (Å²) in [6.07, 6.45) is 9.16. The number of rotatable bonds is 2. The number of nitrogens with one attached hydrogen (secondary N) is 1. The monoisotopic (exact) mass is 309 g/mol. The third-order valence-corrected chi connectivity index (χ3v) is 6.85. The van der Waals surface area contributed by atoms with E-state index in [1.54, 1.807) is 5.56 Å². The van der Waals surface area contributed by atoms with Gasteiger partial charge in [-0.15, -0.1) is 0 Å². The molecule has 4 aliphatic rings. The molecule has 3 N–H and O–H groups in total. The first-order chi connectivity index (χ1) is 11.3. The van der Waals surface area contributed by atoms with Gasteiger partial charge in [-0.3, -0.25) is 0 Å². The van der Waals surface area contributed by atoms with Crippen molar-refractivity contribution in [3.8, 4) is 0 Å². The van der Waals surface area contributed by atoms with E-state index in [1.165, 1.54) is 80.3 Å². The zero-order valence-corrected chi connectivity index (χ0v) is 13.9. The van der Waals surface area contributed by atoms with Crippen LogP contribution in [0, 0.1) is 0 Å². The fraction of sp³-hybridized carbons (Fsp3) is 0.600. The number of hydrogen-bond donors (Lipinski definition) is 2. The van der Waals surface area contributed by atoms with E-state index in [1.807, 2.05) is 0 Å². The van der Waals surface area contributed by atoms with Crippen molar-refractivity contribution in [2.24, 2.45) is 5.73 Å². The Labute approximate surface area is 138 Å². The van der Waals surface area contributed by atoms with Crippen LogP contribution < -0.4 is 10.6 Å². The molecule has 1 aliphatic carbocycles. The van der Waals surface area contributed by atoms with Gasteiger partial charge in [0.2, 0.25) is 0 Å². The molecule has 1 saturated heterocycles. The maximum Gasteiger partial charge on any atom is 0.110 e. The molecule has 0 unspecified atom stereocenters. The zero-order chi connectivity index (χ0) is 15.4. The molecule has 3 heteroatoms. The Kier molecular flexibility index (Phi) is 3.03. The minimum atomic E-state index is 0.194. The molecule has 1 aromatic carbocycles. The molecule has 0 amide bonds. The number of piperidine rings is 1. The maximum absolute atomic E-state index is 6.33. The largest absolute Gasteiger partial charge is 0.358 e. The fourth-order valence-corrected chi connectivity index (χ4v) is 5.53. The van der Waals surface area contributed by atoms with Crippen molar-refractivity contribution in [3.05, 3.63) is 29.3 Å². The third kappa shape index (κ3) is 1.86. The molecule has 4 heterocycles. The summed E-state index contributed by atoms with van der Waals surface area (Å²) in [5.41, 5.74) is 11.0. The fourth-order valence-electron chi connectivity index (χ4n) is 5.53. The Morgan fingerprint density at radius 3 is 2.65 bits per heavy atom. The van der Waals surface area contributed by atoms with Gasteiger partial charge in [0.25, 0.3) is 0 Å². The summed E-state index contributed by atoms with van der Waals surface area (Å²) in [5, 5.41) is 1.48. The van der Waals surface area contributed by atoms with Crippen molar-refractivity contribution < 1.29 is 0 Å². The summed E-state index contributed by atoms with van der Waals surface area (Å²) in [5.74, 6) is 2.18. The number of aromatic amines is 1. The van der Waals surface area contributed by atoms with Crippen LogP contribution >= 0.6 is 0 Å². The normalized spacial score (nSPS) is 23.4. The van der Waals surface area contributed by atoms with Crippen molar-refractivity contribution >= 4 is 16.7 Å². The molecule has 0 spiro atoms. The Bertz CT molecular complexity index is 731. The van der Waals surface area contributed by atoms with Crippen molar-refractivity contribution in [2.45, 2.75) is 56.3 Å². The van der Waals surface area contributed by atoms with Gasteiger partial charge in [0.05, 0.1) is 5.52 Å². The summed E-state index contributed by atoms with van der Waals surface area (Å²) in [7, 11) is 0. The highest BCUT2D eigenvalue weighted by Crippen LogP contribution is 2.49. The SMILES string of the molecule is NCC1(c2cccc3c4c([nH]c23)N2CCC4CC2)CCCCC1. The van der Waals surface area contributed by atoms with Gasteiger partial charge in [-0.1, -0.05) is 37.5 Å². The number of fused-ring (bicyclic) bond motifs is 3. The Balaban J connectivity index is 1.73. The van der Waals surface area contributed by atoms with Crippen molar-refractivity contribution in [1.82, 2.24) is 4.98 Å². The molecular weight excluding hydrogens is 282 g/mol. The van der Waals surface area contributed by atoms with Crippen LogP contribution in [0.15, 0.2) is 18.2 Å². The molecule has 0 atom stereocenters. The van der Waals surface area contributed by atoms with Gasteiger partial charge in [0, 0.05) is 36.0 Å². The number of anilines is 1. The summed E-state index contributed by atoms with van der Waals surface area (Å²) >= 11 is 0. The second kappa shape index (κ2) is 5.01. The van der Waals surface area contributed by atoms with E-state index in [4.69, 9.17) is 5.73 Å². The molecule has 6 rings (SSSR count). The van der Waals surface area contributed by atoms with Crippen LogP contribution in [-0.2, 0) is 5.41 Å². The smallest absolute Gasteiger partial charge is 0.110 e. The minimum Gasteiger partial charge on any atom is -0.358 e. The Morgan fingerprint density at radius 2 is 1.91 bits per heavy atom. The average molecular weight is 309 g/mol. The molecule has 1 saturated carbocycles. The molecule has 2 bridgehead atoms. The lowest BCUT2D eigenvalue weighted by Crippen LogP contribution is -2.38. The first kappa shape index (κ1) is 13.9. The molecule has 2 fully saturated rings. The second-order valence-electron chi connectivity index (χ2n) is 7.92. The molecule has 2 aromatic rings. The van der Waals surface area contributed by atoms with Gasteiger partial charge in [0.15, 0.2) is 0 Å². The van der Waals surface area contributed by atoms with Crippen molar-refractivity contribution in [3.63, 3.8) is 0 Å².